The lowest BCUT2D eigenvalue weighted by Gasteiger charge is -2.45. The highest BCUT2D eigenvalue weighted by Crippen LogP contribution is 2.51. The number of rotatable bonds is 51. The van der Waals surface area contributed by atoms with Gasteiger partial charge in [0.2, 0.25) is 0 Å². The summed E-state index contributed by atoms with van der Waals surface area (Å²) in [5, 5.41) is 11.4. The van der Waals surface area contributed by atoms with Crippen LogP contribution in [0, 0.1) is 11.8 Å². The summed E-state index contributed by atoms with van der Waals surface area (Å²) in [6, 6.07) is 61.7. The average Bonchev–Trinajstić information content (AvgIpc) is 1.26. The molecule has 3 unspecified atom stereocenters. The van der Waals surface area contributed by atoms with Crippen LogP contribution in [0.1, 0.15) is 195 Å². The first-order valence-electron chi connectivity index (χ1n) is 50.6. The van der Waals surface area contributed by atoms with Crippen LogP contribution in [0.3, 0.4) is 0 Å². The third-order valence-corrected chi connectivity index (χ3v) is 51.0. The van der Waals surface area contributed by atoms with E-state index >= 15 is 0 Å². The molecule has 31 heteroatoms. The highest BCUT2D eigenvalue weighted by atomic mass is 32.2. The normalized spacial score (nSPS) is 18.1. The molecule has 0 N–H and O–H groups in total. The van der Waals surface area contributed by atoms with Crippen molar-refractivity contribution in [3.8, 4) is 23.0 Å². The molecule has 0 bridgehead atoms. The predicted octanol–water partition coefficient (Wildman–Crippen LogP) is 26.9. The molecule has 2 aliphatic rings. The number of azide groups is 2. The molecule has 7 aromatic carbocycles. The van der Waals surface area contributed by atoms with Crippen molar-refractivity contribution < 1.29 is 84.1 Å². The van der Waals surface area contributed by atoms with E-state index in [1.165, 1.54) is 27.9 Å². The minimum atomic E-state index is -2.85. The van der Waals surface area contributed by atoms with Gasteiger partial charge in [-0.15, -0.1) is 11.8 Å². The fourth-order valence-electron chi connectivity index (χ4n) is 17.1. The third kappa shape index (κ3) is 34.2. The van der Waals surface area contributed by atoms with Gasteiger partial charge in [-0.05, 0) is 199 Å². The van der Waals surface area contributed by atoms with Gasteiger partial charge in [0, 0.05) is 73.7 Å². The van der Waals surface area contributed by atoms with Crippen LogP contribution in [-0.4, -0.2) is 189 Å². The van der Waals surface area contributed by atoms with Gasteiger partial charge in [0.05, 0.1) is 63.9 Å². The van der Waals surface area contributed by atoms with Crippen LogP contribution >= 0.6 is 11.8 Å². The van der Waals surface area contributed by atoms with Crippen molar-refractivity contribution in [2.24, 2.45) is 22.1 Å². The smallest absolute Gasteiger partial charge is 0.342 e. The second kappa shape index (κ2) is 53.1. The topological polar surface area (TPSA) is 279 Å². The number of hydrogen-bond donors (Lipinski definition) is 0. The molecule has 143 heavy (non-hydrogen) atoms. The molecule has 0 radical (unpaired) electrons. The summed E-state index contributed by atoms with van der Waals surface area (Å²) in [4.78, 5) is 35.4. The molecular formula is C112H168N6O18SSi6. The van der Waals surface area contributed by atoms with E-state index in [-0.39, 0.29) is 108 Å². The average molecular weight is 2090 g/mol. The van der Waals surface area contributed by atoms with Crippen molar-refractivity contribution in [3.05, 3.63) is 249 Å². The molecule has 0 spiro atoms. The zero-order valence-electron chi connectivity index (χ0n) is 91.7. The third-order valence-electron chi connectivity index (χ3n) is 27.1. The minimum absolute atomic E-state index is 0.00429. The fourth-order valence-corrected chi connectivity index (χ4v) is 31.8. The van der Waals surface area contributed by atoms with Gasteiger partial charge in [-0.1, -0.05) is 322 Å². The Labute approximate surface area is 866 Å². The Kier molecular flexibility index (Phi) is 44.5. The van der Waals surface area contributed by atoms with E-state index in [0.29, 0.717) is 53.4 Å². The molecule has 9 rings (SSSR count). The second-order valence-electron chi connectivity index (χ2n) is 45.9. The van der Waals surface area contributed by atoms with E-state index in [4.69, 9.17) is 85.6 Å². The molecule has 7 aromatic rings. The van der Waals surface area contributed by atoms with Crippen molar-refractivity contribution in [2.45, 2.75) is 326 Å². The van der Waals surface area contributed by atoms with Crippen molar-refractivity contribution >= 4 is 99.9 Å². The molecule has 784 valence electrons. The van der Waals surface area contributed by atoms with Crippen LogP contribution in [0.15, 0.2) is 221 Å². The molecule has 0 aliphatic carbocycles. The standard InChI is InChI=1S/C59H87N3O9SSi3.C53H81N3O9Si3/c1-43(44(2)70-75(58(6,7)8,46-28-22-18-23-29-46)47-30-24-19-25-31-47)32-33-51(71-74(15,16)57(3,4)5)55-50(68-59(9,10)69-55)36-37-52(72-45-26-20-17-21-27-45)53-48(65-39-38-61-62-60)34-35-49(67-42-64-11)54(53)56(63)66-40-41-73(12,13)14;1-39(40(2)64-68(52(6,7)8,41-24-19-17-20-25-41)42-26-21-18-22-27-42)30-31-47(65-67(15,16)51(3,4)5)49-46(62-53(9,10)63-49)29-23-28-43-44(59-35-34-55-56-54)32-33-45(61-38-58-11)48(43)50(57)60-36-37-66(12,13)14/h17-35,43-44,50-52,55H,36-42H2,1-16H3;17-28,30-33,39-40,46-47,49H,29,34-38H2,1-16H3/b33-32-;28-23+,31-30-/t43-,44-,50+,51?,52?,55+;39-,40-,46+,47?,49+/m11/s1. The van der Waals surface area contributed by atoms with Crippen molar-refractivity contribution in [3.63, 3.8) is 0 Å². The van der Waals surface area contributed by atoms with Gasteiger partial charge in [0.1, 0.15) is 46.3 Å². The Bertz CT molecular complexity index is 5240. The van der Waals surface area contributed by atoms with Crippen LogP contribution < -0.4 is 39.7 Å². The Morgan fingerprint density at radius 1 is 0.441 bits per heavy atom. The number of nitrogens with zero attached hydrogens (tertiary/aromatic N) is 6. The maximum Gasteiger partial charge on any atom is 0.342 e. The number of methoxy groups -OCH3 is 2. The number of benzene rings is 7. The highest BCUT2D eigenvalue weighted by Gasteiger charge is 2.55. The summed E-state index contributed by atoms with van der Waals surface area (Å²) < 4.78 is 105. The van der Waals surface area contributed by atoms with E-state index in [1.807, 2.05) is 64.1 Å². The molecule has 24 nitrogen and oxygen atoms in total. The van der Waals surface area contributed by atoms with E-state index in [2.05, 4.69) is 354 Å². The Hall–Kier alpha value is -8.23. The second-order valence-corrected chi connectivity index (χ2v) is 76.4. The number of carbonyl (C=O) groups is 2. The first-order chi connectivity index (χ1) is 67.0. The van der Waals surface area contributed by atoms with Crippen LogP contribution in [0.4, 0.5) is 0 Å². The van der Waals surface area contributed by atoms with Gasteiger partial charge >= 0.3 is 11.9 Å². The fraction of sp³-hybridized carbons (Fsp3) is 0.554. The van der Waals surface area contributed by atoms with Gasteiger partial charge in [0.15, 0.2) is 41.8 Å². The Balaban J connectivity index is 0.000000351. The van der Waals surface area contributed by atoms with Gasteiger partial charge in [-0.3, -0.25) is 0 Å². The maximum absolute atomic E-state index is 14.6. The van der Waals surface area contributed by atoms with Crippen molar-refractivity contribution in [2.75, 3.05) is 67.3 Å². The minimum Gasteiger partial charge on any atom is -0.493 e. The lowest BCUT2D eigenvalue weighted by Crippen LogP contribution is -2.67. The van der Waals surface area contributed by atoms with Crippen LogP contribution in [0.2, 0.25) is 97.7 Å². The summed E-state index contributed by atoms with van der Waals surface area (Å²) in [6.45, 7) is 67.2. The summed E-state index contributed by atoms with van der Waals surface area (Å²) in [7, 11) is -10.5. The number of esters is 2. The largest absolute Gasteiger partial charge is 0.493 e. The lowest BCUT2D eigenvalue weighted by molar-refractivity contribution is -0.152. The SMILES string of the molecule is COCOc1ccc(OCCN=[N+]=[N-])c(/C=C/C[C@@H]2OC(C)(C)O[C@@H]2C(/C=C\[C@@H](C)[C@@H](C)O[Si](c2ccccc2)(c2ccccc2)C(C)(C)C)O[Si](C)(C)C(C)(C)C)c1C(=O)OCC[Si](C)(C)C.COCOc1ccc(OCCN=[N+]=[N-])c(C(CC[C@@H]2OC(C)(C)O[C@@H]2C(/C=C\[C@@H](C)[C@@H](C)O[Si](c2ccccc2)(c2ccccc2)C(C)(C)C)O[Si](C)(C)C(C)(C)C)Sc2ccccc2)c1C(=O)OCC[Si](C)(C)C. The van der Waals surface area contributed by atoms with Gasteiger partial charge in [-0.25, -0.2) is 9.59 Å². The Morgan fingerprint density at radius 2 is 0.797 bits per heavy atom. The van der Waals surface area contributed by atoms with Gasteiger partial charge in [-0.2, -0.15) is 0 Å². The van der Waals surface area contributed by atoms with Crippen LogP contribution in [-0.2, 0) is 55.6 Å². The molecule has 2 saturated heterocycles. The van der Waals surface area contributed by atoms with Gasteiger partial charge < -0.3 is 74.5 Å². The zero-order valence-corrected chi connectivity index (χ0v) is 98.5. The van der Waals surface area contributed by atoms with E-state index in [0.717, 1.165) is 17.0 Å². The molecule has 2 heterocycles. The summed E-state index contributed by atoms with van der Waals surface area (Å²) in [5.74, 6) is -1.41. The van der Waals surface area contributed by atoms with E-state index in [9.17, 15) is 9.59 Å². The van der Waals surface area contributed by atoms with Crippen molar-refractivity contribution in [1.82, 2.24) is 0 Å². The first kappa shape index (κ1) is 120. The number of hydrogen-bond acceptors (Lipinski definition) is 21. The number of carbonyl (C=O) groups excluding carboxylic acids is 2. The van der Waals surface area contributed by atoms with Crippen molar-refractivity contribution in [1.29, 1.82) is 0 Å². The molecule has 2 fully saturated rings. The predicted molar refractivity (Wildman–Crippen MR) is 596 cm³/mol. The summed E-state index contributed by atoms with van der Waals surface area (Å²) in [5.41, 5.74) is 19.6. The summed E-state index contributed by atoms with van der Waals surface area (Å²) >= 11 is 1.62. The van der Waals surface area contributed by atoms with E-state index < -0.39 is 115 Å². The summed E-state index contributed by atoms with van der Waals surface area (Å²) in [6.07, 6.45) is 11.1. The lowest BCUT2D eigenvalue weighted by atomic mass is 9.95. The molecule has 2 aliphatic heterocycles. The highest BCUT2D eigenvalue weighted by molar-refractivity contribution is 7.99. The quantitative estimate of drug-likeness (QED) is 0.00394. The molecule has 0 aromatic heterocycles. The van der Waals surface area contributed by atoms with E-state index in [1.54, 1.807) is 37.1 Å². The number of ether oxygens (including phenoxy) is 12. The first-order valence-corrected chi connectivity index (χ1v) is 68.5. The Morgan fingerprint density at radius 3 is 1.17 bits per heavy atom. The van der Waals surface area contributed by atoms with Crippen LogP contribution in [0.25, 0.3) is 27.0 Å². The maximum atomic E-state index is 14.6. The monoisotopic (exact) mass is 2090 g/mol. The molecular weight excluding hydrogens is 1920 g/mol. The molecule has 0 saturated carbocycles. The van der Waals surface area contributed by atoms with Crippen LogP contribution in [0.5, 0.6) is 23.0 Å². The number of thioether (sulfide) groups is 1. The van der Waals surface area contributed by atoms with Gasteiger partial charge in [0.25, 0.3) is 16.6 Å². The zero-order chi connectivity index (χ0) is 106. The molecule has 11 atom stereocenters. The molecule has 0 amide bonds.